The van der Waals surface area contributed by atoms with Gasteiger partial charge in [-0.05, 0) is 55.4 Å². The molecule has 3 amide bonds. The first-order chi connectivity index (χ1) is 18.0. The summed E-state index contributed by atoms with van der Waals surface area (Å²) >= 11 is 1.66. The molecule has 0 atom stereocenters. The predicted octanol–water partition coefficient (Wildman–Crippen LogP) is 3.86. The highest BCUT2D eigenvalue weighted by Crippen LogP contribution is 2.41. The number of pyridine rings is 1. The summed E-state index contributed by atoms with van der Waals surface area (Å²) in [7, 11) is 0. The van der Waals surface area contributed by atoms with Gasteiger partial charge in [0.05, 0.1) is 10.4 Å². The second-order valence-corrected chi connectivity index (χ2v) is 11.1. The van der Waals surface area contributed by atoms with Gasteiger partial charge < -0.3 is 15.1 Å². The van der Waals surface area contributed by atoms with Crippen LogP contribution < -0.4 is 5.32 Å². The molecule has 0 bridgehead atoms. The monoisotopic (exact) mass is 519 g/mol. The first kappa shape index (κ1) is 25.3. The number of carbonyl (C=O) groups excluding carboxylic acids is 3. The van der Waals surface area contributed by atoms with Gasteiger partial charge in [-0.3, -0.25) is 14.4 Å². The van der Waals surface area contributed by atoms with Crippen LogP contribution in [-0.2, 0) is 27.2 Å². The van der Waals surface area contributed by atoms with E-state index < -0.39 is 5.41 Å². The molecule has 8 nitrogen and oxygen atoms in total. The lowest BCUT2D eigenvalue weighted by molar-refractivity contribution is -0.138. The zero-order valence-corrected chi connectivity index (χ0v) is 22.1. The van der Waals surface area contributed by atoms with E-state index >= 15 is 0 Å². The lowest BCUT2D eigenvalue weighted by atomic mass is 9.71. The standard InChI is InChI=1S/C28H33N5O3S/c1-2-3-24(34)33-13-8-28(9-14-33)18-22-16-21(19-30-26(22)31-27(28)36)4-5-25(35)32-11-6-20(7-12-32)17-23-29-10-15-37-23/h4-6,10,15-16,19H,2-3,7-9,11-14,17-18H2,1H3,(H,30,31,36)/b5-4+. The van der Waals surface area contributed by atoms with Crippen LogP contribution in [0, 0.1) is 5.41 Å². The number of aromatic nitrogens is 2. The van der Waals surface area contributed by atoms with Crippen molar-refractivity contribution in [2.24, 2.45) is 5.41 Å². The molecule has 2 aromatic rings. The number of nitrogens with zero attached hydrogens (tertiary/aromatic N) is 4. The second kappa shape index (κ2) is 11.0. The van der Waals surface area contributed by atoms with Crippen molar-refractivity contribution in [2.75, 3.05) is 31.5 Å². The molecule has 1 N–H and O–H groups in total. The van der Waals surface area contributed by atoms with Crippen LogP contribution in [0.25, 0.3) is 6.08 Å². The summed E-state index contributed by atoms with van der Waals surface area (Å²) in [5.41, 5.74) is 2.64. The molecule has 3 aliphatic rings. The summed E-state index contributed by atoms with van der Waals surface area (Å²) < 4.78 is 0. The molecule has 0 aliphatic carbocycles. The van der Waals surface area contributed by atoms with Gasteiger partial charge in [-0.25, -0.2) is 9.97 Å². The Morgan fingerprint density at radius 3 is 2.73 bits per heavy atom. The van der Waals surface area contributed by atoms with E-state index in [-0.39, 0.29) is 17.7 Å². The molecule has 0 radical (unpaired) electrons. The number of fused-ring (bicyclic) bond motifs is 1. The first-order valence-corrected chi connectivity index (χ1v) is 14.0. The third-order valence-electron chi connectivity index (χ3n) is 7.66. The highest BCUT2D eigenvalue weighted by molar-refractivity contribution is 7.09. The first-order valence-electron chi connectivity index (χ1n) is 13.1. The highest BCUT2D eigenvalue weighted by Gasteiger charge is 2.45. The summed E-state index contributed by atoms with van der Waals surface area (Å²) in [6.07, 6.45) is 14.1. The molecule has 0 unspecified atom stereocenters. The molecule has 9 heteroatoms. The van der Waals surface area contributed by atoms with Gasteiger partial charge >= 0.3 is 0 Å². The van der Waals surface area contributed by atoms with Crippen LogP contribution in [-0.4, -0.2) is 63.7 Å². The fourth-order valence-electron chi connectivity index (χ4n) is 5.39. The normalized spacial score (nSPS) is 19.1. The van der Waals surface area contributed by atoms with Gasteiger partial charge in [0, 0.05) is 62.9 Å². The number of rotatable bonds is 6. The number of thiazole rings is 1. The van der Waals surface area contributed by atoms with Crippen molar-refractivity contribution < 1.29 is 14.4 Å². The van der Waals surface area contributed by atoms with Crippen LogP contribution in [0.4, 0.5) is 5.82 Å². The Labute approximate surface area is 221 Å². The summed E-state index contributed by atoms with van der Waals surface area (Å²) in [6, 6.07) is 2.02. The van der Waals surface area contributed by atoms with Crippen molar-refractivity contribution in [1.82, 2.24) is 19.8 Å². The number of anilines is 1. The molecule has 2 aromatic heterocycles. The van der Waals surface area contributed by atoms with E-state index in [0.29, 0.717) is 57.7 Å². The van der Waals surface area contributed by atoms with E-state index in [4.69, 9.17) is 0 Å². The molecule has 1 fully saturated rings. The van der Waals surface area contributed by atoms with Crippen LogP contribution in [0.15, 0.2) is 41.6 Å². The molecule has 5 heterocycles. The molecule has 1 spiro atoms. The molecular weight excluding hydrogens is 486 g/mol. The maximum absolute atomic E-state index is 13.0. The fourth-order valence-corrected chi connectivity index (χ4v) is 6.06. The van der Waals surface area contributed by atoms with Crippen LogP contribution in [0.2, 0.25) is 0 Å². The maximum Gasteiger partial charge on any atom is 0.246 e. The Bertz CT molecular complexity index is 1230. The molecule has 1 saturated heterocycles. The van der Waals surface area contributed by atoms with Crippen LogP contribution in [0.1, 0.15) is 55.2 Å². The second-order valence-electron chi connectivity index (χ2n) is 10.2. The Morgan fingerprint density at radius 2 is 2.03 bits per heavy atom. The predicted molar refractivity (Wildman–Crippen MR) is 144 cm³/mol. The molecular formula is C28H33N5O3S. The van der Waals surface area contributed by atoms with E-state index in [2.05, 4.69) is 21.4 Å². The van der Waals surface area contributed by atoms with Gasteiger partial charge in [-0.15, -0.1) is 11.3 Å². The average molecular weight is 520 g/mol. The Balaban J connectivity index is 1.20. The van der Waals surface area contributed by atoms with Gasteiger partial charge in [0.1, 0.15) is 5.82 Å². The molecule has 3 aliphatic heterocycles. The Hall–Kier alpha value is -3.33. The smallest absolute Gasteiger partial charge is 0.246 e. The van der Waals surface area contributed by atoms with E-state index in [1.165, 1.54) is 5.57 Å². The zero-order chi connectivity index (χ0) is 25.8. The third-order valence-corrected chi connectivity index (χ3v) is 8.44. The van der Waals surface area contributed by atoms with Crippen molar-refractivity contribution in [1.29, 1.82) is 0 Å². The van der Waals surface area contributed by atoms with Crippen molar-refractivity contribution in [3.8, 4) is 0 Å². The minimum atomic E-state index is -0.508. The number of nitrogens with one attached hydrogen (secondary N) is 1. The van der Waals surface area contributed by atoms with E-state index in [0.717, 1.165) is 35.4 Å². The summed E-state index contributed by atoms with van der Waals surface area (Å²) in [5.74, 6) is 0.752. The Kier molecular flexibility index (Phi) is 7.50. The fraction of sp³-hybridized carbons (Fsp3) is 0.464. The average Bonchev–Trinajstić information content (AvgIpc) is 3.42. The van der Waals surface area contributed by atoms with Gasteiger partial charge in [0.15, 0.2) is 0 Å². The number of carbonyl (C=O) groups is 3. The number of hydrogen-bond donors (Lipinski definition) is 1. The lowest BCUT2D eigenvalue weighted by Gasteiger charge is -2.43. The van der Waals surface area contributed by atoms with E-state index in [1.54, 1.807) is 29.7 Å². The summed E-state index contributed by atoms with van der Waals surface area (Å²) in [4.78, 5) is 50.6. The quantitative estimate of drug-likeness (QED) is 0.462. The zero-order valence-electron chi connectivity index (χ0n) is 21.2. The number of likely N-dealkylation sites (tertiary alicyclic amines) is 1. The van der Waals surface area contributed by atoms with Gasteiger partial charge in [-0.1, -0.05) is 18.6 Å². The number of hydrogen-bond acceptors (Lipinski definition) is 6. The molecule has 0 saturated carbocycles. The molecule has 0 aromatic carbocycles. The van der Waals surface area contributed by atoms with Crippen molar-refractivity contribution in [2.45, 2.75) is 51.9 Å². The van der Waals surface area contributed by atoms with E-state index in [1.807, 2.05) is 34.4 Å². The molecule has 37 heavy (non-hydrogen) atoms. The van der Waals surface area contributed by atoms with Crippen molar-refractivity contribution in [3.63, 3.8) is 0 Å². The van der Waals surface area contributed by atoms with Crippen molar-refractivity contribution >= 4 is 41.0 Å². The van der Waals surface area contributed by atoms with Gasteiger partial charge in [-0.2, -0.15) is 0 Å². The summed E-state index contributed by atoms with van der Waals surface area (Å²) in [6.45, 7) is 4.54. The summed E-state index contributed by atoms with van der Waals surface area (Å²) in [5, 5.41) is 6.09. The SMILES string of the molecule is CCCC(=O)N1CCC2(CC1)Cc1cc(/C=C/C(=O)N3CC=C(Cc4nccs4)CC3)cnc1NC2=O. The Morgan fingerprint density at radius 1 is 1.19 bits per heavy atom. The van der Waals surface area contributed by atoms with E-state index in [9.17, 15) is 14.4 Å². The lowest BCUT2D eigenvalue weighted by Crippen LogP contribution is -2.51. The third kappa shape index (κ3) is 5.66. The van der Waals surface area contributed by atoms with Crippen LogP contribution in [0.5, 0.6) is 0 Å². The molecule has 194 valence electrons. The van der Waals surface area contributed by atoms with Crippen LogP contribution in [0.3, 0.4) is 0 Å². The van der Waals surface area contributed by atoms with Gasteiger partial charge in [0.25, 0.3) is 0 Å². The maximum atomic E-state index is 13.0. The number of amides is 3. The van der Waals surface area contributed by atoms with Crippen molar-refractivity contribution in [3.05, 3.63) is 57.7 Å². The number of piperidine rings is 1. The van der Waals surface area contributed by atoms with Gasteiger partial charge in [0.2, 0.25) is 17.7 Å². The largest absolute Gasteiger partial charge is 0.343 e. The molecule has 5 rings (SSSR count). The topological polar surface area (TPSA) is 95.5 Å². The minimum absolute atomic E-state index is 0.000873. The van der Waals surface area contributed by atoms with Crippen LogP contribution >= 0.6 is 11.3 Å². The highest BCUT2D eigenvalue weighted by atomic mass is 32.1. The minimum Gasteiger partial charge on any atom is -0.343 e.